The molecule has 1 N–H and O–H groups in total. The SMILES string of the molecule is Cc1cccc(CC(O)COCC(F)(F)F)c1. The van der Waals surface area contributed by atoms with Crippen molar-refractivity contribution in [1.82, 2.24) is 0 Å². The Kier molecular flexibility index (Phi) is 4.96. The number of alkyl halides is 3. The molecule has 0 aliphatic heterocycles. The van der Waals surface area contributed by atoms with Gasteiger partial charge in [-0.05, 0) is 12.5 Å². The summed E-state index contributed by atoms with van der Waals surface area (Å²) >= 11 is 0. The molecule has 5 heteroatoms. The summed E-state index contributed by atoms with van der Waals surface area (Å²) < 4.78 is 39.7. The molecule has 96 valence electrons. The zero-order chi connectivity index (χ0) is 12.9. The molecule has 1 unspecified atom stereocenters. The third kappa shape index (κ3) is 6.28. The largest absolute Gasteiger partial charge is 0.411 e. The molecule has 0 radical (unpaired) electrons. The van der Waals surface area contributed by atoms with E-state index in [9.17, 15) is 18.3 Å². The predicted molar refractivity (Wildman–Crippen MR) is 57.8 cm³/mol. The number of halogens is 3. The lowest BCUT2D eigenvalue weighted by Gasteiger charge is -2.13. The molecule has 0 bridgehead atoms. The Hall–Kier alpha value is -1.07. The summed E-state index contributed by atoms with van der Waals surface area (Å²) in [6.07, 6.45) is -4.97. The minimum Gasteiger partial charge on any atom is -0.390 e. The van der Waals surface area contributed by atoms with Crippen LogP contribution in [0.1, 0.15) is 11.1 Å². The molecule has 0 spiro atoms. The second-order valence-corrected chi connectivity index (χ2v) is 3.98. The Morgan fingerprint density at radius 3 is 2.65 bits per heavy atom. The van der Waals surface area contributed by atoms with Gasteiger partial charge >= 0.3 is 6.18 Å². The zero-order valence-electron chi connectivity index (χ0n) is 9.50. The zero-order valence-corrected chi connectivity index (χ0v) is 9.50. The van der Waals surface area contributed by atoms with Crippen molar-refractivity contribution >= 4 is 0 Å². The van der Waals surface area contributed by atoms with Crippen LogP contribution in [0.2, 0.25) is 0 Å². The third-order valence-corrected chi connectivity index (χ3v) is 2.13. The molecule has 0 aliphatic rings. The average molecular weight is 248 g/mol. The van der Waals surface area contributed by atoms with E-state index in [4.69, 9.17) is 0 Å². The van der Waals surface area contributed by atoms with E-state index in [1.807, 2.05) is 31.2 Å². The van der Waals surface area contributed by atoms with E-state index in [1.165, 1.54) is 0 Å². The summed E-state index contributed by atoms with van der Waals surface area (Å²) in [5.41, 5.74) is 1.93. The fourth-order valence-corrected chi connectivity index (χ4v) is 1.48. The van der Waals surface area contributed by atoms with E-state index >= 15 is 0 Å². The van der Waals surface area contributed by atoms with Crippen molar-refractivity contribution in [1.29, 1.82) is 0 Å². The summed E-state index contributed by atoms with van der Waals surface area (Å²) in [7, 11) is 0. The van der Waals surface area contributed by atoms with Crippen molar-refractivity contribution in [2.24, 2.45) is 0 Å². The molecule has 1 aromatic carbocycles. The van der Waals surface area contributed by atoms with Crippen molar-refractivity contribution in [2.75, 3.05) is 13.2 Å². The molecular formula is C12H15F3O2. The second kappa shape index (κ2) is 6.02. The molecule has 0 heterocycles. The lowest BCUT2D eigenvalue weighted by atomic mass is 10.1. The van der Waals surface area contributed by atoms with Crippen LogP contribution in [-0.4, -0.2) is 30.6 Å². The Morgan fingerprint density at radius 1 is 1.35 bits per heavy atom. The molecule has 0 aliphatic carbocycles. The maximum atomic E-state index is 11.8. The smallest absolute Gasteiger partial charge is 0.390 e. The summed E-state index contributed by atoms with van der Waals surface area (Å²) in [5.74, 6) is 0. The lowest BCUT2D eigenvalue weighted by molar-refractivity contribution is -0.179. The number of rotatable bonds is 5. The van der Waals surface area contributed by atoms with Gasteiger partial charge < -0.3 is 9.84 Å². The number of hydrogen-bond donors (Lipinski definition) is 1. The van der Waals surface area contributed by atoms with Crippen LogP contribution in [0.15, 0.2) is 24.3 Å². The highest BCUT2D eigenvalue weighted by atomic mass is 19.4. The van der Waals surface area contributed by atoms with Crippen molar-refractivity contribution in [3.05, 3.63) is 35.4 Å². The van der Waals surface area contributed by atoms with Crippen molar-refractivity contribution in [2.45, 2.75) is 25.6 Å². The van der Waals surface area contributed by atoms with Crippen LogP contribution in [0.3, 0.4) is 0 Å². The van der Waals surface area contributed by atoms with Gasteiger partial charge in [0.15, 0.2) is 0 Å². The van der Waals surface area contributed by atoms with Gasteiger partial charge in [0.25, 0.3) is 0 Å². The first-order valence-corrected chi connectivity index (χ1v) is 5.25. The summed E-state index contributed by atoms with van der Waals surface area (Å²) in [6.45, 7) is 0.279. The Balaban J connectivity index is 2.32. The molecular weight excluding hydrogens is 233 g/mol. The Bertz CT molecular complexity index is 350. The second-order valence-electron chi connectivity index (χ2n) is 3.98. The predicted octanol–water partition coefficient (Wildman–Crippen LogP) is 2.48. The first-order valence-electron chi connectivity index (χ1n) is 5.25. The fraction of sp³-hybridized carbons (Fsp3) is 0.500. The molecule has 17 heavy (non-hydrogen) atoms. The normalized spacial score (nSPS) is 13.7. The van der Waals surface area contributed by atoms with Gasteiger partial charge in [-0.15, -0.1) is 0 Å². The number of aliphatic hydroxyl groups excluding tert-OH is 1. The van der Waals surface area contributed by atoms with Gasteiger partial charge in [-0.2, -0.15) is 13.2 Å². The standard InChI is InChI=1S/C12H15F3O2/c1-9-3-2-4-10(5-9)6-11(16)7-17-8-12(13,14)15/h2-5,11,16H,6-8H2,1H3. The third-order valence-electron chi connectivity index (χ3n) is 2.13. The number of benzene rings is 1. The molecule has 1 atom stereocenters. The van der Waals surface area contributed by atoms with E-state index in [0.717, 1.165) is 11.1 Å². The van der Waals surface area contributed by atoms with Crippen molar-refractivity contribution in [3.8, 4) is 0 Å². The van der Waals surface area contributed by atoms with Gasteiger partial charge in [0.2, 0.25) is 0 Å². The minimum atomic E-state index is -4.34. The lowest BCUT2D eigenvalue weighted by Crippen LogP contribution is -2.24. The molecule has 0 fully saturated rings. The Labute approximate surface area is 98.0 Å². The first kappa shape index (κ1) is 14.0. The van der Waals surface area contributed by atoms with Gasteiger partial charge in [0.05, 0.1) is 12.7 Å². The molecule has 0 aromatic heterocycles. The topological polar surface area (TPSA) is 29.5 Å². The van der Waals surface area contributed by atoms with E-state index in [1.54, 1.807) is 0 Å². The van der Waals surface area contributed by atoms with Gasteiger partial charge in [0.1, 0.15) is 6.61 Å². The van der Waals surface area contributed by atoms with Crippen LogP contribution in [-0.2, 0) is 11.2 Å². The Morgan fingerprint density at radius 2 is 2.06 bits per heavy atom. The molecule has 0 saturated carbocycles. The van der Waals surface area contributed by atoms with Gasteiger partial charge in [-0.25, -0.2) is 0 Å². The van der Waals surface area contributed by atoms with Crippen molar-refractivity contribution in [3.63, 3.8) is 0 Å². The van der Waals surface area contributed by atoms with Crippen LogP contribution >= 0.6 is 0 Å². The van der Waals surface area contributed by atoms with Gasteiger partial charge in [-0.1, -0.05) is 29.8 Å². The first-order chi connectivity index (χ1) is 7.87. The summed E-state index contributed by atoms with van der Waals surface area (Å²) in [5, 5.41) is 9.50. The number of ether oxygens (including phenoxy) is 1. The molecule has 1 aromatic rings. The van der Waals surface area contributed by atoms with E-state index in [2.05, 4.69) is 4.74 Å². The highest BCUT2D eigenvalue weighted by Gasteiger charge is 2.27. The number of hydrogen-bond acceptors (Lipinski definition) is 2. The van der Waals surface area contributed by atoms with Crippen LogP contribution < -0.4 is 0 Å². The van der Waals surface area contributed by atoms with Crippen LogP contribution in [0.25, 0.3) is 0 Å². The van der Waals surface area contributed by atoms with Gasteiger partial charge in [0, 0.05) is 6.42 Å². The molecule has 1 rings (SSSR count). The van der Waals surface area contributed by atoms with Crippen molar-refractivity contribution < 1.29 is 23.0 Å². The van der Waals surface area contributed by atoms with Crippen LogP contribution in [0.5, 0.6) is 0 Å². The van der Waals surface area contributed by atoms with Crippen LogP contribution in [0, 0.1) is 6.92 Å². The molecule has 0 saturated heterocycles. The quantitative estimate of drug-likeness (QED) is 0.867. The fourth-order valence-electron chi connectivity index (χ4n) is 1.48. The number of aliphatic hydroxyl groups is 1. The van der Waals surface area contributed by atoms with E-state index < -0.39 is 18.9 Å². The number of aryl methyl sites for hydroxylation is 1. The maximum absolute atomic E-state index is 11.8. The highest BCUT2D eigenvalue weighted by Crippen LogP contribution is 2.15. The monoisotopic (exact) mass is 248 g/mol. The van der Waals surface area contributed by atoms with E-state index in [-0.39, 0.29) is 6.61 Å². The van der Waals surface area contributed by atoms with Crippen LogP contribution in [0.4, 0.5) is 13.2 Å². The molecule has 2 nitrogen and oxygen atoms in total. The molecule has 0 amide bonds. The van der Waals surface area contributed by atoms with E-state index in [0.29, 0.717) is 6.42 Å². The summed E-state index contributed by atoms with van der Waals surface area (Å²) in [6, 6.07) is 7.46. The average Bonchev–Trinajstić information content (AvgIpc) is 2.15. The van der Waals surface area contributed by atoms with Gasteiger partial charge in [-0.3, -0.25) is 0 Å². The minimum absolute atomic E-state index is 0.291. The summed E-state index contributed by atoms with van der Waals surface area (Å²) in [4.78, 5) is 0. The highest BCUT2D eigenvalue weighted by molar-refractivity contribution is 5.22. The maximum Gasteiger partial charge on any atom is 0.411 e.